The van der Waals surface area contributed by atoms with Crippen LogP contribution in [0.4, 0.5) is 16.3 Å². The number of benzene rings is 2. The maximum atomic E-state index is 13.3. The van der Waals surface area contributed by atoms with Crippen molar-refractivity contribution in [1.82, 2.24) is 15.3 Å². The maximum Gasteiger partial charge on any atom is 0.319 e. The predicted octanol–water partition coefficient (Wildman–Crippen LogP) is 6.57. The molecule has 5 rings (SSSR count). The Morgan fingerprint density at radius 3 is 2.47 bits per heavy atom. The average molecular weight is 504 g/mol. The van der Waals surface area contributed by atoms with Crippen molar-refractivity contribution < 1.29 is 9.90 Å². The number of nitrogens with zero attached hydrogens (tertiary/aromatic N) is 3. The van der Waals surface area contributed by atoms with Crippen molar-refractivity contribution in [3.05, 3.63) is 107 Å². The van der Waals surface area contributed by atoms with E-state index in [-0.39, 0.29) is 5.41 Å². The van der Waals surface area contributed by atoms with E-state index in [2.05, 4.69) is 40.4 Å². The number of hydrogen-bond donors (Lipinski definition) is 3. The Labute approximate surface area is 222 Å². The SMILES string of the molecule is [C-]#[N+]c1ccc(-c2nc(-c3ccccc3)c(NC(=O)NC3c4ccccc4C(C)(C)C[C@H]3O)cc2C)cn1. The fourth-order valence-electron chi connectivity index (χ4n) is 5.23. The van der Waals surface area contributed by atoms with Gasteiger partial charge in [0.15, 0.2) is 0 Å². The average Bonchev–Trinajstić information content (AvgIpc) is 2.91. The number of carbonyl (C=O) groups is 1. The Balaban J connectivity index is 1.48. The summed E-state index contributed by atoms with van der Waals surface area (Å²) in [7, 11) is 0. The third kappa shape index (κ3) is 4.86. The minimum Gasteiger partial charge on any atom is -0.391 e. The van der Waals surface area contributed by atoms with Gasteiger partial charge in [-0.25, -0.2) is 9.78 Å². The minimum absolute atomic E-state index is 0.191. The van der Waals surface area contributed by atoms with Crippen molar-refractivity contribution >= 4 is 17.5 Å². The first-order chi connectivity index (χ1) is 18.3. The number of aliphatic hydroxyl groups excluding tert-OH is 1. The minimum atomic E-state index is -0.715. The van der Waals surface area contributed by atoms with Gasteiger partial charge in [0.05, 0.1) is 29.2 Å². The molecule has 0 spiro atoms. The summed E-state index contributed by atoms with van der Waals surface area (Å²) >= 11 is 0. The molecule has 0 aliphatic heterocycles. The Hall–Kier alpha value is -4.54. The van der Waals surface area contributed by atoms with Gasteiger partial charge in [0.2, 0.25) is 0 Å². The molecule has 1 unspecified atom stereocenters. The number of fused-ring (bicyclic) bond motifs is 1. The number of pyridine rings is 2. The number of amides is 2. The summed E-state index contributed by atoms with van der Waals surface area (Å²) in [5, 5.41) is 17.0. The lowest BCUT2D eigenvalue weighted by Crippen LogP contribution is -2.45. The lowest BCUT2D eigenvalue weighted by atomic mass is 9.70. The van der Waals surface area contributed by atoms with Crippen molar-refractivity contribution in [2.45, 2.75) is 44.8 Å². The first kappa shape index (κ1) is 25.1. The molecule has 1 aliphatic rings. The number of rotatable bonds is 4. The van der Waals surface area contributed by atoms with Crippen LogP contribution in [0.15, 0.2) is 79.0 Å². The van der Waals surface area contributed by atoms with Gasteiger partial charge >= 0.3 is 6.03 Å². The van der Waals surface area contributed by atoms with Gasteiger partial charge in [0.1, 0.15) is 6.20 Å². The van der Waals surface area contributed by atoms with Gasteiger partial charge in [-0.1, -0.05) is 81.1 Å². The number of aryl methyl sites for hydroxylation is 1. The van der Waals surface area contributed by atoms with E-state index < -0.39 is 18.2 Å². The Bertz CT molecular complexity index is 1520. The molecular formula is C31H29N5O2. The van der Waals surface area contributed by atoms with Crippen molar-refractivity contribution in [1.29, 1.82) is 0 Å². The zero-order valence-corrected chi connectivity index (χ0v) is 21.6. The molecule has 7 heteroatoms. The van der Waals surface area contributed by atoms with Crippen LogP contribution in [-0.4, -0.2) is 27.2 Å². The predicted molar refractivity (Wildman–Crippen MR) is 149 cm³/mol. The first-order valence-corrected chi connectivity index (χ1v) is 12.5. The third-order valence-corrected chi connectivity index (χ3v) is 7.06. The number of hydrogen-bond acceptors (Lipinski definition) is 4. The van der Waals surface area contributed by atoms with E-state index in [0.29, 0.717) is 23.6 Å². The van der Waals surface area contributed by atoms with Crippen molar-refractivity contribution in [3.8, 4) is 22.5 Å². The molecule has 2 aromatic heterocycles. The Morgan fingerprint density at radius 1 is 1.03 bits per heavy atom. The van der Waals surface area contributed by atoms with Crippen LogP contribution >= 0.6 is 0 Å². The highest BCUT2D eigenvalue weighted by Gasteiger charge is 2.39. The summed E-state index contributed by atoms with van der Waals surface area (Å²) in [5.41, 5.74) is 6.23. The van der Waals surface area contributed by atoms with E-state index in [1.165, 1.54) is 0 Å². The third-order valence-electron chi connectivity index (χ3n) is 7.06. The number of carbonyl (C=O) groups excluding carboxylic acids is 1. The molecule has 38 heavy (non-hydrogen) atoms. The van der Waals surface area contributed by atoms with Gasteiger partial charge in [-0.15, -0.1) is 4.98 Å². The van der Waals surface area contributed by atoms with Crippen LogP contribution in [0, 0.1) is 13.5 Å². The van der Waals surface area contributed by atoms with E-state index in [0.717, 1.165) is 33.5 Å². The van der Waals surface area contributed by atoms with Gasteiger partial charge in [0, 0.05) is 11.1 Å². The molecule has 3 N–H and O–H groups in total. The van der Waals surface area contributed by atoms with Crippen LogP contribution in [0.1, 0.15) is 43.0 Å². The smallest absolute Gasteiger partial charge is 0.319 e. The van der Waals surface area contributed by atoms with Gasteiger partial charge in [0.25, 0.3) is 5.82 Å². The first-order valence-electron chi connectivity index (χ1n) is 12.5. The van der Waals surface area contributed by atoms with Crippen molar-refractivity contribution in [2.24, 2.45) is 0 Å². The zero-order valence-electron chi connectivity index (χ0n) is 21.6. The molecule has 0 bridgehead atoms. The van der Waals surface area contributed by atoms with E-state index >= 15 is 0 Å². The molecule has 7 nitrogen and oxygen atoms in total. The van der Waals surface area contributed by atoms with Crippen LogP contribution in [0.3, 0.4) is 0 Å². The summed E-state index contributed by atoms with van der Waals surface area (Å²) in [5.74, 6) is 0.319. The number of urea groups is 1. The summed E-state index contributed by atoms with van der Waals surface area (Å²) in [4.78, 5) is 25.8. The van der Waals surface area contributed by atoms with Crippen LogP contribution < -0.4 is 10.6 Å². The summed E-state index contributed by atoms with van der Waals surface area (Å²) in [6.07, 6.45) is 1.47. The highest BCUT2D eigenvalue weighted by molar-refractivity contribution is 5.94. The number of anilines is 1. The lowest BCUT2D eigenvalue weighted by molar-refractivity contribution is 0.0883. The molecule has 2 amide bonds. The summed E-state index contributed by atoms with van der Waals surface area (Å²) < 4.78 is 0. The Kier molecular flexibility index (Phi) is 6.66. The van der Waals surface area contributed by atoms with Gasteiger partial charge in [-0.3, -0.25) is 0 Å². The molecule has 190 valence electrons. The molecule has 0 saturated carbocycles. The molecule has 0 fully saturated rings. The molecular weight excluding hydrogens is 474 g/mol. The second-order valence-electron chi connectivity index (χ2n) is 10.3. The van der Waals surface area contributed by atoms with E-state index in [1.54, 1.807) is 12.3 Å². The van der Waals surface area contributed by atoms with Crippen LogP contribution in [0.5, 0.6) is 0 Å². The standard InChI is InChI=1S/C31H29N5O2/c1-19-16-24(34-30(38)36-29-22-12-8-9-13-23(22)31(2,3)17-25(29)37)28(20-10-6-5-7-11-20)35-27(19)21-14-15-26(32-4)33-18-21/h5-16,18,25,29,37H,17H2,1-3H3,(H2,34,36,38)/t25-,29?/m1/s1. The van der Waals surface area contributed by atoms with Crippen molar-refractivity contribution in [3.63, 3.8) is 0 Å². The fourth-order valence-corrected chi connectivity index (χ4v) is 5.23. The monoisotopic (exact) mass is 503 g/mol. The molecule has 0 saturated heterocycles. The molecule has 2 aromatic carbocycles. The largest absolute Gasteiger partial charge is 0.391 e. The van der Waals surface area contributed by atoms with Crippen LogP contribution in [0.25, 0.3) is 27.4 Å². The maximum absolute atomic E-state index is 13.3. The quantitative estimate of drug-likeness (QED) is 0.275. The second-order valence-corrected chi connectivity index (χ2v) is 10.3. The molecule has 4 aromatic rings. The number of aromatic nitrogens is 2. The van der Waals surface area contributed by atoms with E-state index in [4.69, 9.17) is 11.6 Å². The van der Waals surface area contributed by atoms with Gasteiger partial charge < -0.3 is 20.6 Å². The topological polar surface area (TPSA) is 91.5 Å². The molecule has 2 atom stereocenters. The van der Waals surface area contributed by atoms with Gasteiger partial charge in [-0.2, -0.15) is 0 Å². The summed E-state index contributed by atoms with van der Waals surface area (Å²) in [6.45, 7) is 13.3. The van der Waals surface area contributed by atoms with Gasteiger partial charge in [-0.05, 0) is 47.6 Å². The molecule has 1 aliphatic carbocycles. The highest BCUT2D eigenvalue weighted by atomic mass is 16.3. The Morgan fingerprint density at radius 2 is 1.76 bits per heavy atom. The fraction of sp³-hybridized carbons (Fsp3) is 0.226. The number of aliphatic hydroxyl groups is 1. The van der Waals surface area contributed by atoms with E-state index in [9.17, 15) is 9.90 Å². The van der Waals surface area contributed by atoms with Crippen LogP contribution in [-0.2, 0) is 5.41 Å². The normalized spacial score (nSPS) is 17.7. The summed E-state index contributed by atoms with van der Waals surface area (Å²) in [6, 6.07) is 22.0. The van der Waals surface area contributed by atoms with E-state index in [1.807, 2.05) is 67.6 Å². The lowest BCUT2D eigenvalue weighted by Gasteiger charge is -2.40. The van der Waals surface area contributed by atoms with Crippen LogP contribution in [0.2, 0.25) is 0 Å². The van der Waals surface area contributed by atoms with Crippen molar-refractivity contribution in [2.75, 3.05) is 5.32 Å². The molecule has 2 heterocycles. The molecule has 0 radical (unpaired) electrons. The number of nitrogens with one attached hydrogen (secondary N) is 2. The highest BCUT2D eigenvalue weighted by Crippen LogP contribution is 2.41. The second kappa shape index (κ2) is 10.1. The zero-order chi connectivity index (χ0) is 26.9.